The number of aryl methyl sites for hydroxylation is 1. The molecule has 0 aromatic heterocycles. The summed E-state index contributed by atoms with van der Waals surface area (Å²) >= 11 is 0. The Morgan fingerprint density at radius 2 is 2.00 bits per heavy atom. The SMILES string of the molecule is C=C.CCNCc1cc(C)ccc1O. The van der Waals surface area contributed by atoms with Crippen molar-refractivity contribution in [1.82, 2.24) is 5.32 Å². The number of benzene rings is 1. The molecule has 0 bridgehead atoms. The summed E-state index contributed by atoms with van der Waals surface area (Å²) in [5.41, 5.74) is 2.15. The topological polar surface area (TPSA) is 32.3 Å². The Kier molecular flexibility index (Phi) is 6.50. The number of hydrogen-bond acceptors (Lipinski definition) is 2. The van der Waals surface area contributed by atoms with Crippen LogP contribution in [-0.2, 0) is 6.54 Å². The van der Waals surface area contributed by atoms with Gasteiger partial charge in [-0.25, -0.2) is 0 Å². The fourth-order valence-corrected chi connectivity index (χ4v) is 1.12. The highest BCUT2D eigenvalue weighted by Gasteiger charge is 1.98. The summed E-state index contributed by atoms with van der Waals surface area (Å²) < 4.78 is 0. The van der Waals surface area contributed by atoms with Crippen LogP contribution in [0.2, 0.25) is 0 Å². The maximum absolute atomic E-state index is 9.42. The van der Waals surface area contributed by atoms with Crippen molar-refractivity contribution in [2.24, 2.45) is 0 Å². The highest BCUT2D eigenvalue weighted by molar-refractivity contribution is 5.35. The zero-order valence-corrected chi connectivity index (χ0v) is 9.01. The maximum Gasteiger partial charge on any atom is 0.120 e. The van der Waals surface area contributed by atoms with Gasteiger partial charge in [0.2, 0.25) is 0 Å². The van der Waals surface area contributed by atoms with Gasteiger partial charge in [0.15, 0.2) is 0 Å². The zero-order valence-electron chi connectivity index (χ0n) is 9.01. The van der Waals surface area contributed by atoms with E-state index in [9.17, 15) is 5.11 Å². The predicted octanol–water partition coefficient (Wildman–Crippen LogP) is 2.61. The summed E-state index contributed by atoms with van der Waals surface area (Å²) in [5, 5.41) is 12.6. The molecule has 0 heterocycles. The monoisotopic (exact) mass is 193 g/mol. The third kappa shape index (κ3) is 4.10. The summed E-state index contributed by atoms with van der Waals surface area (Å²) in [5.74, 6) is 0.376. The molecule has 1 aromatic rings. The summed E-state index contributed by atoms with van der Waals surface area (Å²) in [6, 6.07) is 5.64. The third-order valence-electron chi connectivity index (χ3n) is 1.80. The maximum atomic E-state index is 9.42. The van der Waals surface area contributed by atoms with Gasteiger partial charge in [-0.3, -0.25) is 0 Å². The fourth-order valence-electron chi connectivity index (χ4n) is 1.12. The molecular weight excluding hydrogens is 174 g/mol. The van der Waals surface area contributed by atoms with Gasteiger partial charge in [0.1, 0.15) is 5.75 Å². The van der Waals surface area contributed by atoms with E-state index in [2.05, 4.69) is 18.5 Å². The number of nitrogens with one attached hydrogen (secondary N) is 1. The van der Waals surface area contributed by atoms with Gasteiger partial charge in [0.25, 0.3) is 0 Å². The molecule has 2 nitrogen and oxygen atoms in total. The second-order valence-corrected chi connectivity index (χ2v) is 2.91. The number of phenolic OH excluding ortho intramolecular Hbond substituents is 1. The Balaban J connectivity index is 0.000000791. The molecule has 2 N–H and O–H groups in total. The molecule has 1 rings (SSSR count). The Hall–Kier alpha value is -1.28. The highest BCUT2D eigenvalue weighted by atomic mass is 16.3. The van der Waals surface area contributed by atoms with Crippen LogP contribution in [-0.4, -0.2) is 11.7 Å². The lowest BCUT2D eigenvalue weighted by Gasteiger charge is -2.05. The van der Waals surface area contributed by atoms with Crippen LogP contribution in [0, 0.1) is 6.92 Å². The molecule has 0 unspecified atom stereocenters. The van der Waals surface area contributed by atoms with Crippen LogP contribution in [0.4, 0.5) is 0 Å². The Morgan fingerprint density at radius 1 is 1.36 bits per heavy atom. The average molecular weight is 193 g/mol. The van der Waals surface area contributed by atoms with Crippen molar-refractivity contribution in [1.29, 1.82) is 0 Å². The minimum absolute atomic E-state index is 0.376. The van der Waals surface area contributed by atoms with E-state index < -0.39 is 0 Å². The van der Waals surface area contributed by atoms with E-state index in [1.807, 2.05) is 26.0 Å². The second kappa shape index (κ2) is 7.15. The van der Waals surface area contributed by atoms with Gasteiger partial charge in [-0.1, -0.05) is 24.6 Å². The molecule has 0 spiro atoms. The number of hydrogen-bond donors (Lipinski definition) is 2. The molecular formula is C12H19NO. The molecule has 0 aliphatic carbocycles. The molecule has 0 amide bonds. The van der Waals surface area contributed by atoms with E-state index in [-0.39, 0.29) is 0 Å². The minimum Gasteiger partial charge on any atom is -0.508 e. The first kappa shape index (κ1) is 12.7. The van der Waals surface area contributed by atoms with Crippen LogP contribution in [0.25, 0.3) is 0 Å². The predicted molar refractivity (Wildman–Crippen MR) is 61.5 cm³/mol. The van der Waals surface area contributed by atoms with Crippen molar-refractivity contribution >= 4 is 0 Å². The lowest BCUT2D eigenvalue weighted by atomic mass is 10.1. The van der Waals surface area contributed by atoms with E-state index in [1.54, 1.807) is 6.07 Å². The van der Waals surface area contributed by atoms with Crippen molar-refractivity contribution < 1.29 is 5.11 Å². The zero-order chi connectivity index (χ0) is 11.0. The first-order valence-corrected chi connectivity index (χ1v) is 4.73. The van der Waals surface area contributed by atoms with E-state index in [4.69, 9.17) is 0 Å². The molecule has 0 saturated carbocycles. The molecule has 0 atom stereocenters. The standard InChI is InChI=1S/C10H15NO.C2H4/c1-3-11-7-9-6-8(2)4-5-10(9)12;1-2/h4-6,11-12H,3,7H2,1-2H3;1-2H2. The fraction of sp³-hybridized carbons (Fsp3) is 0.333. The van der Waals surface area contributed by atoms with Crippen LogP contribution in [0.1, 0.15) is 18.1 Å². The number of phenols is 1. The first-order valence-electron chi connectivity index (χ1n) is 4.73. The van der Waals surface area contributed by atoms with Gasteiger partial charge in [-0.2, -0.15) is 0 Å². The molecule has 0 aliphatic rings. The van der Waals surface area contributed by atoms with Crippen molar-refractivity contribution in [3.8, 4) is 5.75 Å². The van der Waals surface area contributed by atoms with Gasteiger partial charge >= 0.3 is 0 Å². The van der Waals surface area contributed by atoms with Crippen LogP contribution in [0.3, 0.4) is 0 Å². The van der Waals surface area contributed by atoms with Crippen molar-refractivity contribution in [3.05, 3.63) is 42.5 Å². The lowest BCUT2D eigenvalue weighted by Crippen LogP contribution is -2.11. The van der Waals surface area contributed by atoms with E-state index >= 15 is 0 Å². The molecule has 0 radical (unpaired) electrons. The minimum atomic E-state index is 0.376. The van der Waals surface area contributed by atoms with Crippen LogP contribution in [0.15, 0.2) is 31.4 Å². The molecule has 1 aromatic carbocycles. The summed E-state index contributed by atoms with van der Waals surface area (Å²) in [6.07, 6.45) is 0. The Labute approximate surface area is 86.3 Å². The number of rotatable bonds is 3. The largest absolute Gasteiger partial charge is 0.508 e. The van der Waals surface area contributed by atoms with E-state index in [1.165, 1.54) is 5.56 Å². The van der Waals surface area contributed by atoms with E-state index in [0.717, 1.165) is 18.7 Å². The van der Waals surface area contributed by atoms with Crippen LogP contribution < -0.4 is 5.32 Å². The van der Waals surface area contributed by atoms with Gasteiger partial charge in [-0.05, 0) is 19.5 Å². The van der Waals surface area contributed by atoms with E-state index in [0.29, 0.717) is 5.75 Å². The molecule has 0 fully saturated rings. The average Bonchev–Trinajstić information content (AvgIpc) is 2.22. The van der Waals surface area contributed by atoms with Crippen LogP contribution in [0.5, 0.6) is 5.75 Å². The van der Waals surface area contributed by atoms with Gasteiger partial charge in [-0.15, -0.1) is 13.2 Å². The Morgan fingerprint density at radius 3 is 2.57 bits per heavy atom. The van der Waals surface area contributed by atoms with Crippen molar-refractivity contribution in [2.45, 2.75) is 20.4 Å². The van der Waals surface area contributed by atoms with Crippen molar-refractivity contribution in [3.63, 3.8) is 0 Å². The third-order valence-corrected chi connectivity index (χ3v) is 1.80. The lowest BCUT2D eigenvalue weighted by molar-refractivity contribution is 0.465. The van der Waals surface area contributed by atoms with Crippen LogP contribution >= 0.6 is 0 Å². The summed E-state index contributed by atoms with van der Waals surface area (Å²) in [7, 11) is 0. The molecule has 0 saturated heterocycles. The molecule has 0 aliphatic heterocycles. The normalized spacial score (nSPS) is 9.00. The number of aromatic hydroxyl groups is 1. The summed E-state index contributed by atoms with van der Waals surface area (Å²) in [4.78, 5) is 0. The second-order valence-electron chi connectivity index (χ2n) is 2.91. The Bertz CT molecular complexity index is 271. The van der Waals surface area contributed by atoms with Crippen molar-refractivity contribution in [2.75, 3.05) is 6.54 Å². The van der Waals surface area contributed by atoms with Gasteiger partial charge in [0, 0.05) is 12.1 Å². The molecule has 14 heavy (non-hydrogen) atoms. The summed E-state index contributed by atoms with van der Waals surface area (Å²) in [6.45, 7) is 11.7. The molecule has 78 valence electrons. The quantitative estimate of drug-likeness (QED) is 0.723. The van der Waals surface area contributed by atoms with Gasteiger partial charge in [0.05, 0.1) is 0 Å². The smallest absolute Gasteiger partial charge is 0.120 e. The van der Waals surface area contributed by atoms with Gasteiger partial charge < -0.3 is 10.4 Å². The highest BCUT2D eigenvalue weighted by Crippen LogP contribution is 2.17. The molecule has 2 heteroatoms. The first-order chi connectivity index (χ1) is 6.74.